The lowest BCUT2D eigenvalue weighted by molar-refractivity contribution is -0.134. The Balaban J connectivity index is 2.75. The molecule has 100 valence electrons. The van der Waals surface area contributed by atoms with E-state index in [9.17, 15) is 15.0 Å². The first kappa shape index (κ1) is 14.5. The van der Waals surface area contributed by atoms with E-state index in [4.69, 9.17) is 0 Å². The molecule has 0 aliphatic heterocycles. The average molecular weight is 243 g/mol. The minimum atomic E-state index is -0.859. The van der Waals surface area contributed by atoms with Crippen LogP contribution in [-0.2, 0) is 4.79 Å². The van der Waals surface area contributed by atoms with Gasteiger partial charge in [0.25, 0.3) is 0 Å². The van der Waals surface area contributed by atoms with Crippen LogP contribution in [0.25, 0.3) is 0 Å². The van der Waals surface area contributed by atoms with E-state index < -0.39 is 5.54 Å². The van der Waals surface area contributed by atoms with Crippen molar-refractivity contribution in [3.8, 4) is 0 Å². The Kier molecular flexibility index (Phi) is 4.95. The van der Waals surface area contributed by atoms with Gasteiger partial charge in [0.05, 0.1) is 18.8 Å². The molecule has 3 N–H and O–H groups in total. The van der Waals surface area contributed by atoms with Crippen LogP contribution in [0.5, 0.6) is 0 Å². The lowest BCUT2D eigenvalue weighted by atomic mass is 9.81. The van der Waals surface area contributed by atoms with Gasteiger partial charge < -0.3 is 15.5 Å². The lowest BCUT2D eigenvalue weighted by Crippen LogP contribution is -2.57. The standard InChI is InChI=1S/C13H25NO3/c1-3-12(7-5-6-8-12)11(17)14-13(4-2,9-15)10-16/h15-16H,3-10H2,1-2H3,(H,14,17). The van der Waals surface area contributed by atoms with Gasteiger partial charge >= 0.3 is 0 Å². The van der Waals surface area contributed by atoms with E-state index in [0.717, 1.165) is 32.1 Å². The van der Waals surface area contributed by atoms with E-state index in [1.54, 1.807) is 0 Å². The molecule has 0 saturated heterocycles. The average Bonchev–Trinajstić information content (AvgIpc) is 2.86. The third-order valence-electron chi connectivity index (χ3n) is 4.38. The van der Waals surface area contributed by atoms with E-state index in [2.05, 4.69) is 5.32 Å². The smallest absolute Gasteiger partial charge is 0.226 e. The molecule has 1 aliphatic rings. The molecule has 1 aliphatic carbocycles. The molecule has 1 saturated carbocycles. The van der Waals surface area contributed by atoms with Crippen LogP contribution < -0.4 is 5.32 Å². The van der Waals surface area contributed by atoms with E-state index in [-0.39, 0.29) is 24.5 Å². The first-order chi connectivity index (χ1) is 8.08. The zero-order valence-electron chi connectivity index (χ0n) is 11.0. The number of hydrogen-bond acceptors (Lipinski definition) is 3. The summed E-state index contributed by atoms with van der Waals surface area (Å²) in [7, 11) is 0. The predicted octanol–water partition coefficient (Wildman–Crippen LogP) is 1.21. The summed E-state index contributed by atoms with van der Waals surface area (Å²) in [5.41, 5.74) is -1.13. The van der Waals surface area contributed by atoms with Crippen LogP contribution in [0, 0.1) is 5.41 Å². The molecule has 0 atom stereocenters. The molecule has 1 amide bonds. The van der Waals surface area contributed by atoms with Gasteiger partial charge in [0, 0.05) is 5.41 Å². The van der Waals surface area contributed by atoms with Gasteiger partial charge in [0.15, 0.2) is 0 Å². The minimum Gasteiger partial charge on any atom is -0.394 e. The molecule has 0 spiro atoms. The second-order valence-electron chi connectivity index (χ2n) is 5.25. The summed E-state index contributed by atoms with van der Waals surface area (Å²) in [6.45, 7) is 3.47. The number of aliphatic hydroxyl groups is 2. The monoisotopic (exact) mass is 243 g/mol. The maximum atomic E-state index is 12.4. The molecule has 4 nitrogen and oxygen atoms in total. The molecule has 0 heterocycles. The predicted molar refractivity (Wildman–Crippen MR) is 66.5 cm³/mol. The molecule has 1 fully saturated rings. The van der Waals surface area contributed by atoms with Crippen molar-refractivity contribution in [2.75, 3.05) is 13.2 Å². The molecule has 0 radical (unpaired) electrons. The first-order valence-electron chi connectivity index (χ1n) is 6.62. The van der Waals surface area contributed by atoms with E-state index in [1.807, 2.05) is 13.8 Å². The first-order valence-corrected chi connectivity index (χ1v) is 6.62. The lowest BCUT2D eigenvalue weighted by Gasteiger charge is -2.35. The molecular weight excluding hydrogens is 218 g/mol. The molecule has 0 unspecified atom stereocenters. The maximum Gasteiger partial charge on any atom is 0.226 e. The van der Waals surface area contributed by atoms with Crippen LogP contribution >= 0.6 is 0 Å². The largest absolute Gasteiger partial charge is 0.394 e. The van der Waals surface area contributed by atoms with Crippen molar-refractivity contribution in [3.63, 3.8) is 0 Å². The van der Waals surface area contributed by atoms with Gasteiger partial charge in [-0.25, -0.2) is 0 Å². The van der Waals surface area contributed by atoms with Crippen LogP contribution in [0.3, 0.4) is 0 Å². The summed E-state index contributed by atoms with van der Waals surface area (Å²) in [6, 6.07) is 0. The summed E-state index contributed by atoms with van der Waals surface area (Å²) in [5.74, 6) is 0.00227. The summed E-state index contributed by atoms with van der Waals surface area (Å²) < 4.78 is 0. The van der Waals surface area contributed by atoms with Gasteiger partial charge in [-0.05, 0) is 25.7 Å². The third-order valence-corrected chi connectivity index (χ3v) is 4.38. The summed E-state index contributed by atoms with van der Waals surface area (Å²) >= 11 is 0. The second kappa shape index (κ2) is 5.83. The van der Waals surface area contributed by atoms with Crippen LogP contribution in [0.1, 0.15) is 52.4 Å². The minimum absolute atomic E-state index is 0.00227. The Labute approximate surface area is 103 Å². The van der Waals surface area contributed by atoms with Gasteiger partial charge in [-0.2, -0.15) is 0 Å². The van der Waals surface area contributed by atoms with Crippen LogP contribution in [-0.4, -0.2) is 34.9 Å². The van der Waals surface area contributed by atoms with Crippen LogP contribution in [0.15, 0.2) is 0 Å². The Morgan fingerprint density at radius 3 is 2.12 bits per heavy atom. The highest BCUT2D eigenvalue weighted by Crippen LogP contribution is 2.41. The highest BCUT2D eigenvalue weighted by atomic mass is 16.3. The van der Waals surface area contributed by atoms with Gasteiger partial charge in [0.1, 0.15) is 0 Å². The van der Waals surface area contributed by atoms with Gasteiger partial charge in [-0.1, -0.05) is 26.7 Å². The van der Waals surface area contributed by atoms with Gasteiger partial charge in [-0.3, -0.25) is 4.79 Å². The summed E-state index contributed by atoms with van der Waals surface area (Å²) in [5, 5.41) is 21.6. The Morgan fingerprint density at radius 2 is 1.76 bits per heavy atom. The van der Waals surface area contributed by atoms with Crippen molar-refractivity contribution in [2.24, 2.45) is 5.41 Å². The molecule has 0 aromatic rings. The number of amides is 1. The number of rotatable bonds is 6. The third kappa shape index (κ3) is 2.80. The van der Waals surface area contributed by atoms with Crippen molar-refractivity contribution < 1.29 is 15.0 Å². The maximum absolute atomic E-state index is 12.4. The number of hydrogen-bond donors (Lipinski definition) is 3. The number of aliphatic hydroxyl groups excluding tert-OH is 2. The number of carbonyl (C=O) groups is 1. The van der Waals surface area contributed by atoms with Crippen molar-refractivity contribution >= 4 is 5.91 Å². The van der Waals surface area contributed by atoms with Crippen molar-refractivity contribution in [1.29, 1.82) is 0 Å². The topological polar surface area (TPSA) is 69.6 Å². The molecule has 17 heavy (non-hydrogen) atoms. The summed E-state index contributed by atoms with van der Waals surface area (Å²) in [4.78, 5) is 12.4. The fourth-order valence-corrected chi connectivity index (χ4v) is 2.61. The highest BCUT2D eigenvalue weighted by Gasteiger charge is 2.42. The van der Waals surface area contributed by atoms with Crippen molar-refractivity contribution in [1.82, 2.24) is 5.32 Å². The van der Waals surface area contributed by atoms with Gasteiger partial charge in [0.2, 0.25) is 5.91 Å². The van der Waals surface area contributed by atoms with E-state index in [1.165, 1.54) is 0 Å². The Morgan fingerprint density at radius 1 is 1.24 bits per heavy atom. The van der Waals surface area contributed by atoms with E-state index >= 15 is 0 Å². The highest BCUT2D eigenvalue weighted by molar-refractivity contribution is 5.83. The van der Waals surface area contributed by atoms with Crippen LogP contribution in [0.4, 0.5) is 0 Å². The van der Waals surface area contributed by atoms with Crippen molar-refractivity contribution in [2.45, 2.75) is 57.9 Å². The zero-order valence-corrected chi connectivity index (χ0v) is 11.0. The fraction of sp³-hybridized carbons (Fsp3) is 0.923. The zero-order chi connectivity index (χ0) is 12.9. The van der Waals surface area contributed by atoms with Crippen LogP contribution in [0.2, 0.25) is 0 Å². The second-order valence-corrected chi connectivity index (χ2v) is 5.25. The molecular formula is C13H25NO3. The molecule has 1 rings (SSSR count). The van der Waals surface area contributed by atoms with Gasteiger partial charge in [-0.15, -0.1) is 0 Å². The molecule has 0 aromatic carbocycles. The Hall–Kier alpha value is -0.610. The molecule has 4 heteroatoms. The molecule has 0 aromatic heterocycles. The number of nitrogens with one attached hydrogen (secondary N) is 1. The Bertz CT molecular complexity index is 247. The van der Waals surface area contributed by atoms with E-state index in [0.29, 0.717) is 6.42 Å². The normalized spacial score (nSPS) is 19.3. The number of carbonyl (C=O) groups excluding carboxylic acids is 1. The molecule has 0 bridgehead atoms. The van der Waals surface area contributed by atoms with Crippen molar-refractivity contribution in [3.05, 3.63) is 0 Å². The summed E-state index contributed by atoms with van der Waals surface area (Å²) in [6.07, 6.45) is 5.40. The fourth-order valence-electron chi connectivity index (χ4n) is 2.61. The SMILES string of the molecule is CCC(CO)(CO)NC(=O)C1(CC)CCCC1. The quantitative estimate of drug-likeness (QED) is 0.656.